The molecule has 1 fully saturated rings. The summed E-state index contributed by atoms with van der Waals surface area (Å²) in [4.78, 5) is 38.6. The number of aromatic nitrogens is 2. The Morgan fingerprint density at radius 2 is 1.52 bits per heavy atom. The molecule has 212 valence electrons. The van der Waals surface area contributed by atoms with Crippen LogP contribution in [0.25, 0.3) is 0 Å². The van der Waals surface area contributed by atoms with Crippen LogP contribution in [0.1, 0.15) is 31.1 Å². The van der Waals surface area contributed by atoms with Crippen LogP contribution < -0.4 is 19.8 Å². The summed E-state index contributed by atoms with van der Waals surface area (Å²) in [6.07, 6.45) is 3.42. The molecule has 0 aliphatic carbocycles. The highest BCUT2D eigenvalue weighted by Gasteiger charge is 2.52. The number of anilines is 2. The Bertz CT molecular complexity index is 1440. The second-order valence-electron chi connectivity index (χ2n) is 10.6. The number of carboxylic acids is 1. The summed E-state index contributed by atoms with van der Waals surface area (Å²) in [6.45, 7) is 7.22. The van der Waals surface area contributed by atoms with E-state index in [0.29, 0.717) is 37.7 Å². The molecule has 1 amide bonds. The highest BCUT2D eigenvalue weighted by Crippen LogP contribution is 2.32. The average Bonchev–Trinajstić information content (AvgIpc) is 2.95. The van der Waals surface area contributed by atoms with Crippen molar-refractivity contribution in [2.75, 3.05) is 42.5 Å². The van der Waals surface area contributed by atoms with Gasteiger partial charge in [0, 0.05) is 56.4 Å². The monoisotopic (exact) mass is 566 g/mol. The normalized spacial score (nSPS) is 15.8. The highest BCUT2D eigenvalue weighted by molar-refractivity contribution is 7.89. The van der Waals surface area contributed by atoms with Crippen LogP contribution in [0.3, 0.4) is 0 Å². The van der Waals surface area contributed by atoms with Gasteiger partial charge in [-0.05, 0) is 41.8 Å². The summed E-state index contributed by atoms with van der Waals surface area (Å²) < 4.78 is 28.7. The third-order valence-corrected chi connectivity index (χ3v) is 8.62. The van der Waals surface area contributed by atoms with E-state index >= 15 is 0 Å². The number of sulfonamides is 1. The molecule has 3 aromatic rings. The van der Waals surface area contributed by atoms with Gasteiger partial charge in [-0.3, -0.25) is 9.59 Å². The first-order chi connectivity index (χ1) is 18.9. The minimum absolute atomic E-state index is 0.0668. The first kappa shape index (κ1) is 29.0. The number of hydrogen-bond donors (Lipinski definition) is 3. The van der Waals surface area contributed by atoms with E-state index in [0.717, 1.165) is 5.69 Å². The van der Waals surface area contributed by atoms with E-state index in [4.69, 9.17) is 0 Å². The van der Waals surface area contributed by atoms with Gasteiger partial charge in [-0.2, -0.15) is 4.72 Å². The van der Waals surface area contributed by atoms with Crippen molar-refractivity contribution in [3.63, 3.8) is 0 Å². The molecule has 11 nitrogen and oxygen atoms in total. The van der Waals surface area contributed by atoms with Gasteiger partial charge in [-0.25, -0.2) is 18.4 Å². The van der Waals surface area contributed by atoms with Gasteiger partial charge < -0.3 is 20.2 Å². The topological polar surface area (TPSA) is 145 Å². The van der Waals surface area contributed by atoms with Crippen LogP contribution in [-0.2, 0) is 14.8 Å². The Balaban J connectivity index is 1.49. The lowest BCUT2D eigenvalue weighted by molar-refractivity contribution is -0.148. The lowest BCUT2D eigenvalue weighted by atomic mass is 9.74. The van der Waals surface area contributed by atoms with E-state index in [2.05, 4.69) is 29.8 Å². The number of amides is 1. The van der Waals surface area contributed by atoms with Crippen molar-refractivity contribution in [2.45, 2.75) is 31.2 Å². The number of nitrogens with one attached hydrogen (secondary N) is 2. The van der Waals surface area contributed by atoms with Gasteiger partial charge in [-0.1, -0.05) is 45.0 Å². The molecular formula is C28H34N6O5S. The fraction of sp³-hybridized carbons (Fsp3) is 0.357. The minimum atomic E-state index is -4.21. The molecule has 0 spiro atoms. The zero-order valence-corrected chi connectivity index (χ0v) is 23.6. The lowest BCUT2D eigenvalue weighted by Crippen LogP contribution is -2.67. The van der Waals surface area contributed by atoms with Crippen LogP contribution in [-0.4, -0.2) is 73.6 Å². The number of nitrogens with zero attached hydrogens (tertiary/aromatic N) is 4. The summed E-state index contributed by atoms with van der Waals surface area (Å²) in [5, 5.41) is 12.9. The van der Waals surface area contributed by atoms with E-state index in [9.17, 15) is 23.1 Å². The van der Waals surface area contributed by atoms with Gasteiger partial charge in [0.25, 0.3) is 5.91 Å². The smallest absolute Gasteiger partial charge is 0.327 e. The number of benzene rings is 2. The molecule has 2 aromatic carbocycles. The Hall–Kier alpha value is -4.03. The maximum atomic E-state index is 13.2. The molecule has 0 saturated carbocycles. The lowest BCUT2D eigenvalue weighted by Gasteiger charge is -2.41. The third kappa shape index (κ3) is 6.23. The van der Waals surface area contributed by atoms with Gasteiger partial charge in [0.1, 0.15) is 0 Å². The average molecular weight is 567 g/mol. The number of piperazine rings is 1. The summed E-state index contributed by atoms with van der Waals surface area (Å²) in [5.74, 6) is -1.22. The number of carbonyl (C=O) groups excluding carboxylic acids is 1. The number of carboxylic acid groups (broad SMARTS) is 1. The molecule has 2 heterocycles. The Kier molecular flexibility index (Phi) is 8.40. The molecule has 1 saturated heterocycles. The summed E-state index contributed by atoms with van der Waals surface area (Å²) in [6, 6.07) is 16.4. The van der Waals surface area contributed by atoms with Crippen LogP contribution in [0.5, 0.6) is 0 Å². The molecular weight excluding hydrogens is 532 g/mol. The number of rotatable bonds is 9. The van der Waals surface area contributed by atoms with Gasteiger partial charge in [0.05, 0.1) is 4.90 Å². The Morgan fingerprint density at radius 3 is 2.12 bits per heavy atom. The number of carbonyl (C=O) groups is 2. The van der Waals surface area contributed by atoms with Crippen molar-refractivity contribution in [1.82, 2.24) is 20.0 Å². The number of hydrogen-bond acceptors (Lipinski definition) is 8. The highest BCUT2D eigenvalue weighted by atomic mass is 32.2. The molecule has 1 atom stereocenters. The molecule has 1 aliphatic rings. The molecule has 1 aliphatic heterocycles. The van der Waals surface area contributed by atoms with Crippen molar-refractivity contribution in [2.24, 2.45) is 5.41 Å². The SMILES string of the molecule is CC(C)(C)[C@](CNC(=O)c1cccc(N2CCN(c3ncccn3)CC2)c1)(NS(=O)(=O)c1ccccc1)C(=O)O. The summed E-state index contributed by atoms with van der Waals surface area (Å²) in [7, 11) is -4.21. The molecule has 1 aromatic heterocycles. The predicted octanol–water partition coefficient (Wildman–Crippen LogP) is 2.38. The minimum Gasteiger partial charge on any atom is -0.480 e. The molecule has 40 heavy (non-hydrogen) atoms. The number of aliphatic carboxylic acids is 1. The zero-order chi connectivity index (χ0) is 29.0. The van der Waals surface area contributed by atoms with Crippen LogP contribution in [0.2, 0.25) is 0 Å². The fourth-order valence-electron chi connectivity index (χ4n) is 4.56. The maximum absolute atomic E-state index is 13.2. The zero-order valence-electron chi connectivity index (χ0n) is 22.7. The third-order valence-electron chi connectivity index (χ3n) is 7.11. The second-order valence-corrected chi connectivity index (χ2v) is 12.3. The van der Waals surface area contributed by atoms with Gasteiger partial charge >= 0.3 is 5.97 Å². The van der Waals surface area contributed by atoms with Crippen LogP contribution >= 0.6 is 0 Å². The summed E-state index contributed by atoms with van der Waals surface area (Å²) in [5.41, 5.74) is -1.93. The summed E-state index contributed by atoms with van der Waals surface area (Å²) >= 11 is 0. The van der Waals surface area contributed by atoms with Crippen molar-refractivity contribution in [3.8, 4) is 0 Å². The van der Waals surface area contributed by atoms with Crippen molar-refractivity contribution in [3.05, 3.63) is 78.6 Å². The van der Waals surface area contributed by atoms with Crippen LogP contribution in [0.15, 0.2) is 78.0 Å². The van der Waals surface area contributed by atoms with E-state index in [1.807, 2.05) is 6.07 Å². The van der Waals surface area contributed by atoms with Gasteiger partial charge in [0.2, 0.25) is 16.0 Å². The first-order valence-electron chi connectivity index (χ1n) is 12.9. The molecule has 0 radical (unpaired) electrons. The van der Waals surface area contributed by atoms with Crippen LogP contribution in [0.4, 0.5) is 11.6 Å². The van der Waals surface area contributed by atoms with Crippen molar-refractivity contribution in [1.29, 1.82) is 0 Å². The molecule has 4 rings (SSSR count). The second kappa shape index (κ2) is 11.6. The fourth-order valence-corrected chi connectivity index (χ4v) is 6.12. The Morgan fingerprint density at radius 1 is 0.900 bits per heavy atom. The quantitative estimate of drug-likeness (QED) is 0.355. The molecule has 0 bridgehead atoms. The van der Waals surface area contributed by atoms with Crippen LogP contribution in [0, 0.1) is 5.41 Å². The largest absolute Gasteiger partial charge is 0.480 e. The van der Waals surface area contributed by atoms with Crippen molar-refractivity contribution < 1.29 is 23.1 Å². The van der Waals surface area contributed by atoms with E-state index in [1.54, 1.807) is 75.6 Å². The molecule has 12 heteroatoms. The van der Waals surface area contributed by atoms with E-state index < -0.39 is 39.4 Å². The van der Waals surface area contributed by atoms with Gasteiger partial charge in [0.15, 0.2) is 5.54 Å². The van der Waals surface area contributed by atoms with Gasteiger partial charge in [-0.15, -0.1) is 0 Å². The Labute approximate surface area is 234 Å². The van der Waals surface area contributed by atoms with Crippen molar-refractivity contribution >= 4 is 33.5 Å². The van der Waals surface area contributed by atoms with E-state index in [-0.39, 0.29) is 4.90 Å². The predicted molar refractivity (Wildman–Crippen MR) is 152 cm³/mol. The standard InChI is InChI=1S/C28H34N6O5S/c1-27(2,3)28(25(36)37,32-40(38,39)23-11-5-4-6-12-23)20-31-24(35)21-9-7-10-22(19-21)33-15-17-34(18-16-33)26-29-13-8-14-30-26/h4-14,19,32H,15-18,20H2,1-3H3,(H,31,35)(H,36,37)/t28-/m1/s1. The molecule has 0 unspecified atom stereocenters. The maximum Gasteiger partial charge on any atom is 0.327 e. The van der Waals surface area contributed by atoms with E-state index in [1.165, 1.54) is 12.1 Å². The molecule has 3 N–H and O–H groups in total. The first-order valence-corrected chi connectivity index (χ1v) is 14.4.